The largest absolute Gasteiger partial charge is 0.193 e. The molecule has 0 saturated carbocycles. The van der Waals surface area contributed by atoms with Gasteiger partial charge in [-0.3, -0.25) is 0 Å². The molecule has 58 valence electrons. The Hall–Kier alpha value is -1.55. The number of allylic oxidation sites excluding steroid dienone is 2. The summed E-state index contributed by atoms with van der Waals surface area (Å²) in [5, 5.41) is 8.53. The highest BCUT2D eigenvalue weighted by atomic mass is 14.2. The highest BCUT2D eigenvalue weighted by Crippen LogP contribution is 2.31. The van der Waals surface area contributed by atoms with Crippen molar-refractivity contribution in [2.75, 3.05) is 0 Å². The fraction of sp³-hybridized carbons (Fsp3) is 0.182. The van der Waals surface area contributed by atoms with Crippen molar-refractivity contribution in [1.82, 2.24) is 0 Å². The molecule has 0 fully saturated rings. The summed E-state index contributed by atoms with van der Waals surface area (Å²) in [6.07, 6.45) is 3.77. The molecule has 2 rings (SSSR count). The van der Waals surface area contributed by atoms with E-state index in [-0.39, 0.29) is 0 Å². The van der Waals surface area contributed by atoms with Gasteiger partial charge in [0, 0.05) is 6.08 Å². The Labute approximate surface area is 72.0 Å². The second-order valence-corrected chi connectivity index (χ2v) is 2.96. The summed E-state index contributed by atoms with van der Waals surface area (Å²) < 4.78 is 0. The predicted octanol–water partition coefficient (Wildman–Crippen LogP) is 2.54. The van der Waals surface area contributed by atoms with Crippen molar-refractivity contribution in [3.63, 3.8) is 0 Å². The van der Waals surface area contributed by atoms with Crippen LogP contribution < -0.4 is 0 Å². The first kappa shape index (κ1) is 7.12. The van der Waals surface area contributed by atoms with E-state index in [0.29, 0.717) is 0 Å². The normalized spacial score (nSPS) is 17.4. The topological polar surface area (TPSA) is 23.8 Å². The fourth-order valence-corrected chi connectivity index (χ4v) is 1.68. The van der Waals surface area contributed by atoms with E-state index >= 15 is 0 Å². The molecule has 1 heteroatoms. The maximum atomic E-state index is 8.53. The van der Waals surface area contributed by atoms with E-state index in [9.17, 15) is 0 Å². The average molecular weight is 155 g/mol. The molecule has 1 aromatic rings. The quantitative estimate of drug-likeness (QED) is 0.528. The average Bonchev–Trinajstić information content (AvgIpc) is 2.50. The van der Waals surface area contributed by atoms with Crippen LogP contribution >= 0.6 is 0 Å². The van der Waals surface area contributed by atoms with Gasteiger partial charge in [0.25, 0.3) is 0 Å². The van der Waals surface area contributed by atoms with Crippen molar-refractivity contribution in [2.24, 2.45) is 0 Å². The Kier molecular flexibility index (Phi) is 1.68. The first-order valence-electron chi connectivity index (χ1n) is 4.09. The summed E-state index contributed by atoms with van der Waals surface area (Å²) >= 11 is 0. The van der Waals surface area contributed by atoms with Crippen LogP contribution in [0.4, 0.5) is 0 Å². The molecule has 0 N–H and O–H groups in total. The van der Waals surface area contributed by atoms with Crippen molar-refractivity contribution < 1.29 is 0 Å². The molecule has 12 heavy (non-hydrogen) atoms. The molecule has 0 unspecified atom stereocenters. The van der Waals surface area contributed by atoms with Gasteiger partial charge in [-0.2, -0.15) is 5.26 Å². The number of hydrogen-bond acceptors (Lipinski definition) is 1. The lowest BCUT2D eigenvalue weighted by Crippen LogP contribution is -1.77. The van der Waals surface area contributed by atoms with Gasteiger partial charge in [-0.15, -0.1) is 0 Å². The van der Waals surface area contributed by atoms with Gasteiger partial charge >= 0.3 is 0 Å². The number of nitrogens with zero attached hydrogens (tertiary/aromatic N) is 1. The second kappa shape index (κ2) is 2.83. The highest BCUT2D eigenvalue weighted by molar-refractivity contribution is 5.73. The predicted molar refractivity (Wildman–Crippen MR) is 48.4 cm³/mol. The summed E-state index contributed by atoms with van der Waals surface area (Å²) in [6.45, 7) is 0. The Balaban J connectivity index is 2.51. The van der Waals surface area contributed by atoms with E-state index in [2.05, 4.69) is 18.2 Å². The van der Waals surface area contributed by atoms with Crippen molar-refractivity contribution in [1.29, 1.82) is 5.26 Å². The molecule has 0 saturated heterocycles. The van der Waals surface area contributed by atoms with E-state index in [0.717, 1.165) is 12.8 Å². The lowest BCUT2D eigenvalue weighted by atomic mass is 10.1. The number of fused-ring (bicyclic) bond motifs is 1. The maximum absolute atomic E-state index is 8.53. The van der Waals surface area contributed by atoms with Gasteiger partial charge in [0.05, 0.1) is 6.07 Å². The summed E-state index contributed by atoms with van der Waals surface area (Å²) in [7, 11) is 0. The molecule has 1 aromatic carbocycles. The summed E-state index contributed by atoms with van der Waals surface area (Å²) in [6, 6.07) is 10.4. The van der Waals surface area contributed by atoms with Crippen LogP contribution in [0.5, 0.6) is 0 Å². The fourth-order valence-electron chi connectivity index (χ4n) is 1.68. The van der Waals surface area contributed by atoms with Gasteiger partial charge in [-0.1, -0.05) is 24.3 Å². The van der Waals surface area contributed by atoms with Crippen molar-refractivity contribution in [2.45, 2.75) is 12.8 Å². The zero-order valence-corrected chi connectivity index (χ0v) is 6.75. The van der Waals surface area contributed by atoms with Crippen LogP contribution in [-0.4, -0.2) is 0 Å². The molecule has 1 aliphatic rings. The summed E-state index contributed by atoms with van der Waals surface area (Å²) in [4.78, 5) is 0. The Morgan fingerprint density at radius 1 is 1.25 bits per heavy atom. The molecular formula is C11H9N. The standard InChI is InChI=1S/C11H9N/c12-8-7-10-6-5-9-3-1-2-4-11(9)10/h1-4,7H,5-6H2. The third-order valence-electron chi connectivity index (χ3n) is 2.27. The first-order valence-corrected chi connectivity index (χ1v) is 4.09. The Bertz CT molecular complexity index is 369. The number of rotatable bonds is 0. The smallest absolute Gasteiger partial charge is 0.0915 e. The van der Waals surface area contributed by atoms with E-state index in [4.69, 9.17) is 5.26 Å². The minimum Gasteiger partial charge on any atom is -0.193 e. The van der Waals surface area contributed by atoms with E-state index in [1.807, 2.05) is 12.1 Å². The monoisotopic (exact) mass is 155 g/mol. The van der Waals surface area contributed by atoms with Gasteiger partial charge < -0.3 is 0 Å². The van der Waals surface area contributed by atoms with Crippen LogP contribution in [0.15, 0.2) is 30.3 Å². The van der Waals surface area contributed by atoms with Crippen LogP contribution in [-0.2, 0) is 6.42 Å². The zero-order valence-electron chi connectivity index (χ0n) is 6.75. The first-order chi connectivity index (χ1) is 5.92. The molecule has 0 heterocycles. The van der Waals surface area contributed by atoms with Gasteiger partial charge in [0.15, 0.2) is 0 Å². The van der Waals surface area contributed by atoms with Crippen LogP contribution in [0.2, 0.25) is 0 Å². The van der Waals surface area contributed by atoms with Crippen LogP contribution in [0.25, 0.3) is 5.57 Å². The molecule has 0 radical (unpaired) electrons. The van der Waals surface area contributed by atoms with Crippen molar-refractivity contribution in [3.8, 4) is 6.07 Å². The third kappa shape index (κ3) is 1.02. The van der Waals surface area contributed by atoms with Gasteiger partial charge in [-0.25, -0.2) is 0 Å². The summed E-state index contributed by atoms with van der Waals surface area (Å²) in [5.41, 5.74) is 3.83. The maximum Gasteiger partial charge on any atom is 0.0915 e. The van der Waals surface area contributed by atoms with Gasteiger partial charge in [0.2, 0.25) is 0 Å². The van der Waals surface area contributed by atoms with E-state index < -0.39 is 0 Å². The van der Waals surface area contributed by atoms with Gasteiger partial charge in [-0.05, 0) is 29.5 Å². The lowest BCUT2D eigenvalue weighted by Gasteiger charge is -1.96. The third-order valence-corrected chi connectivity index (χ3v) is 2.27. The minimum absolute atomic E-state index is 1.02. The lowest BCUT2D eigenvalue weighted by molar-refractivity contribution is 1.08. The molecule has 0 bridgehead atoms. The van der Waals surface area contributed by atoms with Crippen LogP contribution in [0, 0.1) is 11.3 Å². The highest BCUT2D eigenvalue weighted by Gasteiger charge is 2.14. The number of hydrogen-bond donors (Lipinski definition) is 0. The van der Waals surface area contributed by atoms with Crippen molar-refractivity contribution >= 4 is 5.57 Å². The summed E-state index contributed by atoms with van der Waals surface area (Å²) in [5.74, 6) is 0. The van der Waals surface area contributed by atoms with E-state index in [1.54, 1.807) is 6.08 Å². The zero-order chi connectivity index (χ0) is 8.39. The molecule has 0 aromatic heterocycles. The van der Waals surface area contributed by atoms with Crippen LogP contribution in [0.3, 0.4) is 0 Å². The van der Waals surface area contributed by atoms with Crippen LogP contribution in [0.1, 0.15) is 17.5 Å². The SMILES string of the molecule is N#CC=C1CCc2ccccc21. The molecular weight excluding hydrogens is 146 g/mol. The molecule has 1 aliphatic carbocycles. The second-order valence-electron chi connectivity index (χ2n) is 2.96. The van der Waals surface area contributed by atoms with Gasteiger partial charge in [0.1, 0.15) is 0 Å². The Morgan fingerprint density at radius 2 is 2.08 bits per heavy atom. The van der Waals surface area contributed by atoms with E-state index in [1.165, 1.54) is 16.7 Å². The number of nitriles is 1. The Morgan fingerprint density at radius 3 is 2.92 bits per heavy atom. The molecule has 0 spiro atoms. The molecule has 0 atom stereocenters. The number of benzene rings is 1. The molecule has 1 nitrogen and oxygen atoms in total. The minimum atomic E-state index is 1.02. The number of aryl methyl sites for hydroxylation is 1. The molecule has 0 aliphatic heterocycles. The molecule has 0 amide bonds. The van der Waals surface area contributed by atoms with Crippen molar-refractivity contribution in [3.05, 3.63) is 41.5 Å².